The van der Waals surface area contributed by atoms with E-state index >= 15 is 0 Å². The maximum Gasteiger partial charge on any atom is 0.161 e. The number of aromatic nitrogens is 4. The Morgan fingerprint density at radius 1 is 1.14 bits per heavy atom. The number of aromatic amines is 1. The van der Waals surface area contributed by atoms with Gasteiger partial charge in [-0.05, 0) is 38.1 Å². The summed E-state index contributed by atoms with van der Waals surface area (Å²) in [5.41, 5.74) is 3.22. The van der Waals surface area contributed by atoms with Crippen LogP contribution in [-0.4, -0.2) is 25.9 Å². The van der Waals surface area contributed by atoms with E-state index in [-0.39, 0.29) is 5.78 Å². The predicted molar refractivity (Wildman–Crippen MR) is 85.8 cm³/mol. The minimum Gasteiger partial charge on any atom is -0.294 e. The second-order valence-corrected chi connectivity index (χ2v) is 4.93. The van der Waals surface area contributed by atoms with Crippen LogP contribution in [0.4, 0.5) is 0 Å². The molecule has 0 bridgehead atoms. The first kappa shape index (κ1) is 15.9. The van der Waals surface area contributed by atoms with Gasteiger partial charge in [0.15, 0.2) is 5.78 Å². The van der Waals surface area contributed by atoms with Gasteiger partial charge < -0.3 is 0 Å². The Morgan fingerprint density at radius 3 is 2.23 bits per heavy atom. The molecule has 3 heterocycles. The molecule has 1 N–H and O–H groups in total. The number of pyridine rings is 2. The van der Waals surface area contributed by atoms with Crippen LogP contribution in [0.2, 0.25) is 5.02 Å². The number of H-pyrrole nitrogens is 1. The van der Waals surface area contributed by atoms with E-state index in [4.69, 9.17) is 11.6 Å². The first-order chi connectivity index (χ1) is 10.6. The molecule has 0 aliphatic rings. The van der Waals surface area contributed by atoms with Crippen LogP contribution < -0.4 is 0 Å². The highest BCUT2D eigenvalue weighted by atomic mass is 35.5. The van der Waals surface area contributed by atoms with Crippen molar-refractivity contribution in [3.63, 3.8) is 0 Å². The zero-order valence-corrected chi connectivity index (χ0v) is 13.0. The number of hydrogen-bond acceptors (Lipinski definition) is 4. The number of Topliss-reactive ketones (excluding diaryl/α,β-unsaturated/α-hetero) is 1. The molecule has 0 aliphatic carbocycles. The highest BCUT2D eigenvalue weighted by Crippen LogP contribution is 2.26. The number of halogens is 1. The Hall–Kier alpha value is -2.53. The quantitative estimate of drug-likeness (QED) is 0.732. The summed E-state index contributed by atoms with van der Waals surface area (Å²) in [5, 5.41) is 7.57. The first-order valence-electron chi connectivity index (χ1n) is 6.61. The third-order valence-corrected chi connectivity index (χ3v) is 3.34. The third kappa shape index (κ3) is 3.99. The minimum absolute atomic E-state index is 0.0584. The fraction of sp³-hybridized carbons (Fsp3) is 0.125. The topological polar surface area (TPSA) is 71.5 Å². The monoisotopic (exact) mass is 314 g/mol. The summed E-state index contributed by atoms with van der Waals surface area (Å²) in [6.07, 6.45) is 6.66. The van der Waals surface area contributed by atoms with Gasteiger partial charge in [-0.1, -0.05) is 11.6 Å². The van der Waals surface area contributed by atoms with Gasteiger partial charge in [-0.3, -0.25) is 19.9 Å². The molecule has 0 unspecified atom stereocenters. The van der Waals surface area contributed by atoms with Gasteiger partial charge in [-0.15, -0.1) is 0 Å². The maximum atomic E-state index is 10.6. The van der Waals surface area contributed by atoms with Crippen LogP contribution in [-0.2, 0) is 0 Å². The molecule has 0 fully saturated rings. The van der Waals surface area contributed by atoms with Crippen molar-refractivity contribution in [2.24, 2.45) is 0 Å². The highest BCUT2D eigenvalue weighted by Gasteiger charge is 2.08. The Labute approximate surface area is 133 Å². The second-order valence-electron chi connectivity index (χ2n) is 4.55. The largest absolute Gasteiger partial charge is 0.294 e. The van der Waals surface area contributed by atoms with Crippen LogP contribution in [0.25, 0.3) is 11.3 Å². The van der Waals surface area contributed by atoms with Crippen molar-refractivity contribution in [1.29, 1.82) is 0 Å². The molecule has 0 amide bonds. The Kier molecular flexibility index (Phi) is 5.38. The molecule has 0 radical (unpaired) electrons. The van der Waals surface area contributed by atoms with Crippen molar-refractivity contribution >= 4 is 17.4 Å². The average molecular weight is 315 g/mol. The van der Waals surface area contributed by atoms with Crippen LogP contribution in [0.15, 0.2) is 49.1 Å². The molecule has 3 aromatic heterocycles. The first-order valence-corrected chi connectivity index (χ1v) is 6.99. The van der Waals surface area contributed by atoms with E-state index in [0.29, 0.717) is 10.6 Å². The number of nitrogens with zero attached hydrogens (tertiary/aromatic N) is 3. The van der Waals surface area contributed by atoms with Gasteiger partial charge in [0.2, 0.25) is 0 Å². The molecule has 0 aromatic carbocycles. The smallest absolute Gasteiger partial charge is 0.161 e. The van der Waals surface area contributed by atoms with Crippen LogP contribution in [0, 0.1) is 6.92 Å². The number of hydrogen-bond donors (Lipinski definition) is 1. The average Bonchev–Trinajstić information content (AvgIpc) is 2.89. The van der Waals surface area contributed by atoms with Crippen molar-refractivity contribution in [1.82, 2.24) is 20.2 Å². The maximum absolute atomic E-state index is 10.6. The highest BCUT2D eigenvalue weighted by molar-refractivity contribution is 6.33. The van der Waals surface area contributed by atoms with E-state index in [9.17, 15) is 4.79 Å². The van der Waals surface area contributed by atoms with Crippen molar-refractivity contribution in [3.05, 3.63) is 65.3 Å². The molecule has 0 spiro atoms. The van der Waals surface area contributed by atoms with Crippen molar-refractivity contribution in [2.45, 2.75) is 13.8 Å². The van der Waals surface area contributed by atoms with Gasteiger partial charge in [-0.2, -0.15) is 5.10 Å². The molecular formula is C16H15ClN4O. The Bertz CT molecular complexity index is 741. The molecule has 22 heavy (non-hydrogen) atoms. The van der Waals surface area contributed by atoms with Crippen LogP contribution in [0.1, 0.15) is 23.0 Å². The van der Waals surface area contributed by atoms with Crippen molar-refractivity contribution in [3.8, 4) is 11.3 Å². The van der Waals surface area contributed by atoms with Crippen LogP contribution in [0.3, 0.4) is 0 Å². The number of aryl methyl sites for hydroxylation is 1. The Morgan fingerprint density at radius 2 is 1.82 bits per heavy atom. The number of rotatable bonds is 2. The summed E-state index contributed by atoms with van der Waals surface area (Å²) in [4.78, 5) is 18.4. The van der Waals surface area contributed by atoms with Crippen LogP contribution >= 0.6 is 11.6 Å². The molecule has 5 nitrogen and oxygen atoms in total. The molecule has 6 heteroatoms. The van der Waals surface area contributed by atoms with E-state index < -0.39 is 0 Å². The minimum atomic E-state index is 0.0584. The molecular weight excluding hydrogens is 300 g/mol. The van der Waals surface area contributed by atoms with E-state index in [2.05, 4.69) is 20.2 Å². The lowest BCUT2D eigenvalue weighted by Gasteiger charge is -1.94. The van der Waals surface area contributed by atoms with E-state index in [0.717, 1.165) is 17.0 Å². The van der Waals surface area contributed by atoms with Gasteiger partial charge in [0.25, 0.3) is 0 Å². The summed E-state index contributed by atoms with van der Waals surface area (Å²) >= 11 is 6.02. The molecule has 0 atom stereocenters. The lowest BCUT2D eigenvalue weighted by Crippen LogP contribution is -1.90. The Balaban J connectivity index is 0.000000172. The van der Waals surface area contributed by atoms with Gasteiger partial charge >= 0.3 is 0 Å². The fourth-order valence-corrected chi connectivity index (χ4v) is 1.87. The van der Waals surface area contributed by atoms with Gasteiger partial charge in [0.05, 0.1) is 10.7 Å². The van der Waals surface area contributed by atoms with Crippen molar-refractivity contribution in [2.75, 3.05) is 0 Å². The fourth-order valence-electron chi connectivity index (χ4n) is 1.68. The van der Waals surface area contributed by atoms with Gasteiger partial charge in [-0.25, -0.2) is 0 Å². The molecule has 112 valence electrons. The third-order valence-electron chi connectivity index (χ3n) is 2.88. The lowest BCUT2D eigenvalue weighted by atomic mass is 10.2. The zero-order valence-electron chi connectivity index (χ0n) is 12.2. The number of carbonyl (C=O) groups excluding carboxylic acids is 1. The summed E-state index contributed by atoms with van der Waals surface area (Å²) in [5.74, 6) is 0.0584. The molecule has 0 saturated heterocycles. The standard InChI is InChI=1S/C9H8ClN3.C7H7NO/c1-6-8(10)9(13-12-6)7-3-2-4-11-5-7;1-6(9)7-3-2-4-8-5-7/h2-5H,1H3,(H,12,13);2-5H,1H3. The van der Waals surface area contributed by atoms with Crippen molar-refractivity contribution < 1.29 is 4.79 Å². The van der Waals surface area contributed by atoms with Gasteiger partial charge in [0, 0.05) is 35.9 Å². The normalized spacial score (nSPS) is 9.77. The SMILES string of the molecule is CC(=O)c1cccnc1.Cc1[nH]nc(-c2cccnc2)c1Cl. The molecule has 3 rings (SSSR count). The summed E-state index contributed by atoms with van der Waals surface area (Å²) in [6, 6.07) is 7.27. The summed E-state index contributed by atoms with van der Waals surface area (Å²) in [7, 11) is 0. The summed E-state index contributed by atoms with van der Waals surface area (Å²) in [6.45, 7) is 3.41. The van der Waals surface area contributed by atoms with E-state index in [1.54, 1.807) is 36.9 Å². The molecule has 0 saturated carbocycles. The number of carbonyl (C=O) groups is 1. The number of ketones is 1. The molecule has 0 aliphatic heterocycles. The van der Waals surface area contributed by atoms with Gasteiger partial charge in [0.1, 0.15) is 5.69 Å². The summed E-state index contributed by atoms with van der Waals surface area (Å²) < 4.78 is 0. The predicted octanol–water partition coefficient (Wildman–Crippen LogP) is 3.72. The van der Waals surface area contributed by atoms with Crippen LogP contribution in [0.5, 0.6) is 0 Å². The lowest BCUT2D eigenvalue weighted by molar-refractivity contribution is 0.101. The van der Waals surface area contributed by atoms with E-state index in [1.165, 1.54) is 6.92 Å². The molecule has 3 aromatic rings. The number of nitrogens with one attached hydrogen (secondary N) is 1. The van der Waals surface area contributed by atoms with E-state index in [1.807, 2.05) is 19.1 Å². The zero-order chi connectivity index (χ0) is 15.9. The second kappa shape index (κ2) is 7.47.